The van der Waals surface area contributed by atoms with Gasteiger partial charge in [-0.3, -0.25) is 4.68 Å². The molecule has 0 amide bonds. The van der Waals surface area contributed by atoms with E-state index in [9.17, 15) is 0 Å². The zero-order chi connectivity index (χ0) is 14.0. The Balaban J connectivity index is 2.14. The summed E-state index contributed by atoms with van der Waals surface area (Å²) >= 11 is 9.75. The van der Waals surface area contributed by atoms with E-state index in [0.717, 1.165) is 33.6 Å². The molecule has 1 aromatic carbocycles. The Labute approximate surface area is 126 Å². The third-order valence-corrected chi connectivity index (χ3v) is 4.33. The molecule has 0 saturated heterocycles. The highest BCUT2D eigenvalue weighted by molar-refractivity contribution is 9.10. The van der Waals surface area contributed by atoms with Crippen LogP contribution in [0.25, 0.3) is 0 Å². The van der Waals surface area contributed by atoms with Gasteiger partial charge in [0.15, 0.2) is 0 Å². The van der Waals surface area contributed by atoms with Crippen molar-refractivity contribution in [3.63, 3.8) is 0 Å². The molecule has 0 spiro atoms. The number of hydrogen-bond acceptors (Lipinski definition) is 2. The van der Waals surface area contributed by atoms with Crippen LogP contribution in [0.4, 0.5) is 0 Å². The molecule has 0 fully saturated rings. The average Bonchev–Trinajstić information content (AvgIpc) is 2.66. The predicted molar refractivity (Wildman–Crippen MR) is 80.8 cm³/mol. The molecule has 0 saturated carbocycles. The van der Waals surface area contributed by atoms with Crippen LogP contribution < -0.4 is 4.74 Å². The van der Waals surface area contributed by atoms with Gasteiger partial charge in [-0.1, -0.05) is 34.5 Å². The molecule has 102 valence electrons. The highest BCUT2D eigenvalue weighted by Gasteiger charge is 2.13. The lowest BCUT2D eigenvalue weighted by Crippen LogP contribution is -2.03. The van der Waals surface area contributed by atoms with Crippen LogP contribution in [0.15, 0.2) is 22.7 Å². The molecule has 2 aromatic rings. The van der Waals surface area contributed by atoms with Crippen LogP contribution in [0.5, 0.6) is 5.75 Å². The average molecular weight is 344 g/mol. The fourth-order valence-corrected chi connectivity index (χ4v) is 2.43. The summed E-state index contributed by atoms with van der Waals surface area (Å²) in [5, 5.41) is 5.08. The van der Waals surface area contributed by atoms with Crippen molar-refractivity contribution < 1.29 is 4.74 Å². The van der Waals surface area contributed by atoms with Gasteiger partial charge in [0, 0.05) is 11.5 Å². The minimum Gasteiger partial charge on any atom is -0.487 e. The van der Waals surface area contributed by atoms with E-state index in [2.05, 4.69) is 21.0 Å². The number of aryl methyl sites for hydroxylation is 3. The molecule has 1 aromatic heterocycles. The number of halogens is 2. The van der Waals surface area contributed by atoms with Crippen LogP contribution in [0.1, 0.15) is 23.9 Å². The van der Waals surface area contributed by atoms with Crippen molar-refractivity contribution in [3.8, 4) is 5.75 Å². The SMILES string of the molecule is CCc1nn(C)c(COc2ccc(Br)c(C)c2)c1Cl. The largest absolute Gasteiger partial charge is 0.487 e. The van der Waals surface area contributed by atoms with Crippen molar-refractivity contribution in [2.75, 3.05) is 0 Å². The van der Waals surface area contributed by atoms with Crippen LogP contribution in [0.3, 0.4) is 0 Å². The number of benzene rings is 1. The molecule has 0 aliphatic carbocycles. The third kappa shape index (κ3) is 3.12. The standard InChI is InChI=1S/C14H16BrClN2O/c1-4-12-14(16)13(18(3)17-12)8-19-10-5-6-11(15)9(2)7-10/h5-7H,4,8H2,1-3H3. The molecule has 0 aliphatic heterocycles. The molecular weight excluding hydrogens is 328 g/mol. The van der Waals surface area contributed by atoms with E-state index in [1.165, 1.54) is 0 Å². The van der Waals surface area contributed by atoms with E-state index in [-0.39, 0.29) is 0 Å². The molecule has 0 N–H and O–H groups in total. The lowest BCUT2D eigenvalue weighted by Gasteiger charge is -2.08. The molecule has 0 atom stereocenters. The molecule has 0 aliphatic rings. The zero-order valence-electron chi connectivity index (χ0n) is 11.2. The molecule has 0 bridgehead atoms. The van der Waals surface area contributed by atoms with Crippen molar-refractivity contribution >= 4 is 27.5 Å². The Morgan fingerprint density at radius 3 is 2.74 bits per heavy atom. The van der Waals surface area contributed by atoms with Gasteiger partial charge < -0.3 is 4.74 Å². The van der Waals surface area contributed by atoms with E-state index in [1.807, 2.05) is 39.1 Å². The first kappa shape index (κ1) is 14.4. The lowest BCUT2D eigenvalue weighted by atomic mass is 10.2. The van der Waals surface area contributed by atoms with Crippen LogP contribution in [-0.4, -0.2) is 9.78 Å². The van der Waals surface area contributed by atoms with E-state index in [1.54, 1.807) is 4.68 Å². The Hall–Kier alpha value is -1.000. The predicted octanol–water partition coefficient (Wildman–Crippen LogP) is 4.29. The van der Waals surface area contributed by atoms with E-state index < -0.39 is 0 Å². The Bertz CT molecular complexity index is 595. The maximum absolute atomic E-state index is 6.28. The maximum Gasteiger partial charge on any atom is 0.131 e. The molecule has 1 heterocycles. The normalized spacial score (nSPS) is 10.8. The van der Waals surface area contributed by atoms with Crippen LogP contribution in [-0.2, 0) is 20.1 Å². The van der Waals surface area contributed by atoms with Gasteiger partial charge in [0.25, 0.3) is 0 Å². The Morgan fingerprint density at radius 2 is 2.16 bits per heavy atom. The smallest absolute Gasteiger partial charge is 0.131 e. The third-order valence-electron chi connectivity index (χ3n) is 3.01. The van der Waals surface area contributed by atoms with E-state index >= 15 is 0 Å². The maximum atomic E-state index is 6.28. The van der Waals surface area contributed by atoms with Gasteiger partial charge in [-0.15, -0.1) is 0 Å². The topological polar surface area (TPSA) is 27.1 Å². The monoisotopic (exact) mass is 342 g/mol. The molecule has 5 heteroatoms. The summed E-state index contributed by atoms with van der Waals surface area (Å²) in [6, 6.07) is 5.91. The van der Waals surface area contributed by atoms with Gasteiger partial charge in [-0.05, 0) is 37.1 Å². The second kappa shape index (κ2) is 5.97. The van der Waals surface area contributed by atoms with Crippen molar-refractivity contribution in [1.29, 1.82) is 0 Å². The van der Waals surface area contributed by atoms with Gasteiger partial charge in [-0.25, -0.2) is 0 Å². The summed E-state index contributed by atoms with van der Waals surface area (Å²) in [5.74, 6) is 0.830. The summed E-state index contributed by atoms with van der Waals surface area (Å²) in [7, 11) is 1.89. The molecule has 2 rings (SSSR count). The number of aromatic nitrogens is 2. The van der Waals surface area contributed by atoms with Gasteiger partial charge in [0.2, 0.25) is 0 Å². The van der Waals surface area contributed by atoms with E-state index in [0.29, 0.717) is 11.6 Å². The molecular formula is C14H16BrClN2O. The first-order chi connectivity index (χ1) is 9.02. The van der Waals surface area contributed by atoms with Crippen molar-refractivity contribution in [2.45, 2.75) is 26.9 Å². The van der Waals surface area contributed by atoms with Gasteiger partial charge >= 0.3 is 0 Å². The number of nitrogens with zero attached hydrogens (tertiary/aromatic N) is 2. The second-order valence-corrected chi connectivity index (χ2v) is 5.62. The highest BCUT2D eigenvalue weighted by atomic mass is 79.9. The Kier molecular flexibility index (Phi) is 4.53. The molecule has 0 unspecified atom stereocenters. The van der Waals surface area contributed by atoms with Gasteiger partial charge in [0.1, 0.15) is 12.4 Å². The van der Waals surface area contributed by atoms with Crippen LogP contribution >= 0.6 is 27.5 Å². The number of ether oxygens (including phenoxy) is 1. The first-order valence-electron chi connectivity index (χ1n) is 6.12. The van der Waals surface area contributed by atoms with Gasteiger partial charge in [-0.2, -0.15) is 5.10 Å². The van der Waals surface area contributed by atoms with Crippen LogP contribution in [0.2, 0.25) is 5.02 Å². The first-order valence-corrected chi connectivity index (χ1v) is 7.29. The molecule has 3 nitrogen and oxygen atoms in total. The second-order valence-electron chi connectivity index (χ2n) is 4.38. The number of rotatable bonds is 4. The van der Waals surface area contributed by atoms with Crippen molar-refractivity contribution in [1.82, 2.24) is 9.78 Å². The summed E-state index contributed by atoms with van der Waals surface area (Å²) < 4.78 is 8.64. The molecule has 0 radical (unpaired) electrons. The Morgan fingerprint density at radius 1 is 1.42 bits per heavy atom. The summed E-state index contributed by atoms with van der Waals surface area (Å²) in [6.45, 7) is 4.49. The van der Waals surface area contributed by atoms with Crippen LogP contribution in [0, 0.1) is 6.92 Å². The van der Waals surface area contributed by atoms with E-state index in [4.69, 9.17) is 16.3 Å². The van der Waals surface area contributed by atoms with Gasteiger partial charge in [0.05, 0.1) is 16.4 Å². The van der Waals surface area contributed by atoms with Crippen molar-refractivity contribution in [3.05, 3.63) is 44.6 Å². The quantitative estimate of drug-likeness (QED) is 0.828. The molecule has 19 heavy (non-hydrogen) atoms. The highest BCUT2D eigenvalue weighted by Crippen LogP contribution is 2.25. The zero-order valence-corrected chi connectivity index (χ0v) is 13.5. The summed E-state index contributed by atoms with van der Waals surface area (Å²) in [5.41, 5.74) is 2.96. The fourth-order valence-electron chi connectivity index (χ4n) is 1.84. The fraction of sp³-hybridized carbons (Fsp3) is 0.357. The summed E-state index contributed by atoms with van der Waals surface area (Å²) in [4.78, 5) is 0. The summed E-state index contributed by atoms with van der Waals surface area (Å²) in [6.07, 6.45) is 0.823. The number of hydrogen-bond donors (Lipinski definition) is 0. The minimum absolute atomic E-state index is 0.420. The lowest BCUT2D eigenvalue weighted by molar-refractivity contribution is 0.294. The van der Waals surface area contributed by atoms with Crippen molar-refractivity contribution in [2.24, 2.45) is 7.05 Å². The minimum atomic E-state index is 0.420.